The van der Waals surface area contributed by atoms with Crippen molar-refractivity contribution in [1.29, 1.82) is 0 Å². The van der Waals surface area contributed by atoms with Crippen molar-refractivity contribution in [3.63, 3.8) is 0 Å². The van der Waals surface area contributed by atoms with Crippen molar-refractivity contribution in [3.8, 4) is 11.3 Å². The lowest BCUT2D eigenvalue weighted by Crippen LogP contribution is -2.42. The van der Waals surface area contributed by atoms with Gasteiger partial charge < -0.3 is 19.7 Å². The largest absolute Gasteiger partial charge is 0.390 e. The highest BCUT2D eigenvalue weighted by atomic mass is 19.1. The second-order valence-electron chi connectivity index (χ2n) is 9.29. The summed E-state index contributed by atoms with van der Waals surface area (Å²) in [6.07, 6.45) is 8.54. The molecular weight excluding hydrogens is 431 g/mol. The second kappa shape index (κ2) is 7.92. The molecule has 4 aromatic rings. The van der Waals surface area contributed by atoms with E-state index in [1.807, 2.05) is 41.9 Å². The van der Waals surface area contributed by atoms with E-state index in [-0.39, 0.29) is 5.82 Å². The highest BCUT2D eigenvalue weighted by Gasteiger charge is 2.27. The Morgan fingerprint density at radius 2 is 1.91 bits per heavy atom. The number of aliphatic hydroxyl groups is 1. The van der Waals surface area contributed by atoms with Gasteiger partial charge in [-0.2, -0.15) is 0 Å². The molecule has 0 atom stereocenters. The summed E-state index contributed by atoms with van der Waals surface area (Å²) in [6.45, 7) is 4.06. The van der Waals surface area contributed by atoms with Crippen molar-refractivity contribution < 1.29 is 9.50 Å². The normalized spacial score (nSPS) is 16.7. The van der Waals surface area contributed by atoms with Crippen molar-refractivity contribution >= 4 is 29.1 Å². The van der Waals surface area contributed by atoms with Crippen molar-refractivity contribution in [1.82, 2.24) is 14.4 Å². The first-order valence-electron chi connectivity index (χ1n) is 11.5. The van der Waals surface area contributed by atoms with Crippen LogP contribution in [0.2, 0.25) is 0 Å². The first-order valence-corrected chi connectivity index (χ1v) is 11.5. The van der Waals surface area contributed by atoms with Crippen LogP contribution in [0.4, 0.5) is 21.6 Å². The molecule has 34 heavy (non-hydrogen) atoms. The molecule has 0 unspecified atom stereocenters. The summed E-state index contributed by atoms with van der Waals surface area (Å²) >= 11 is 0. The lowest BCUT2D eigenvalue weighted by atomic mass is 9.93. The molecule has 4 heterocycles. The smallest absolute Gasteiger partial charge is 0.180 e. The van der Waals surface area contributed by atoms with E-state index in [1.54, 1.807) is 12.4 Å². The molecule has 1 saturated heterocycles. The van der Waals surface area contributed by atoms with E-state index in [0.29, 0.717) is 34.8 Å². The minimum atomic E-state index is -0.570. The third kappa shape index (κ3) is 3.80. The van der Waals surface area contributed by atoms with Gasteiger partial charge in [0.15, 0.2) is 11.5 Å². The zero-order chi connectivity index (χ0) is 23.3. The summed E-state index contributed by atoms with van der Waals surface area (Å²) in [5.74, 6) is 0.312. The van der Waals surface area contributed by atoms with Crippen LogP contribution in [0.25, 0.3) is 16.9 Å². The van der Waals surface area contributed by atoms with E-state index in [0.717, 1.165) is 42.9 Å². The molecule has 8 heteroatoms. The molecule has 0 aliphatic carbocycles. The molecule has 2 N–H and O–H groups in total. The fourth-order valence-electron chi connectivity index (χ4n) is 4.63. The molecule has 2 aromatic heterocycles. The van der Waals surface area contributed by atoms with Crippen molar-refractivity contribution in [3.05, 3.63) is 71.9 Å². The summed E-state index contributed by atoms with van der Waals surface area (Å²) in [7, 11) is 0. The Morgan fingerprint density at radius 1 is 1.12 bits per heavy atom. The average Bonchev–Trinajstić information content (AvgIpc) is 3.49. The third-order valence-corrected chi connectivity index (χ3v) is 6.70. The van der Waals surface area contributed by atoms with Gasteiger partial charge in [-0.25, -0.2) is 14.4 Å². The minimum absolute atomic E-state index is 0.286. The fraction of sp³-hybridized carbons (Fsp3) is 0.269. The molecule has 2 aliphatic heterocycles. The van der Waals surface area contributed by atoms with Gasteiger partial charge in [0.1, 0.15) is 5.82 Å². The number of fused-ring (bicyclic) bond motifs is 2. The maximum atomic E-state index is 14.6. The molecule has 2 aliphatic rings. The van der Waals surface area contributed by atoms with Crippen LogP contribution in [0, 0.1) is 5.82 Å². The zero-order valence-corrected chi connectivity index (χ0v) is 18.9. The van der Waals surface area contributed by atoms with E-state index < -0.39 is 5.60 Å². The van der Waals surface area contributed by atoms with Gasteiger partial charge in [-0.1, -0.05) is 0 Å². The number of imidazole rings is 1. The summed E-state index contributed by atoms with van der Waals surface area (Å²) in [5.41, 5.74) is 4.92. The number of hydrogen-bond donors (Lipinski definition) is 2. The number of hydrogen-bond acceptors (Lipinski definition) is 6. The summed E-state index contributed by atoms with van der Waals surface area (Å²) in [6, 6.07) is 11.6. The number of benzene rings is 2. The molecule has 172 valence electrons. The van der Waals surface area contributed by atoms with E-state index in [4.69, 9.17) is 4.98 Å². The number of nitrogens with zero attached hydrogens (tertiary/aromatic N) is 5. The topological polar surface area (TPSA) is 78.0 Å². The number of piperidine rings is 1. The molecule has 0 radical (unpaired) electrons. The Hall–Kier alpha value is -3.78. The molecule has 0 amide bonds. The number of rotatable bonds is 4. The van der Waals surface area contributed by atoms with Gasteiger partial charge in [0.05, 0.1) is 17.8 Å². The van der Waals surface area contributed by atoms with Gasteiger partial charge in [0.2, 0.25) is 0 Å². The number of aromatic nitrogens is 3. The van der Waals surface area contributed by atoms with Gasteiger partial charge in [0.25, 0.3) is 0 Å². The Kier molecular flexibility index (Phi) is 4.84. The number of halogens is 1. The predicted molar refractivity (Wildman–Crippen MR) is 131 cm³/mol. The molecule has 7 nitrogen and oxygen atoms in total. The molecule has 0 bridgehead atoms. The third-order valence-electron chi connectivity index (χ3n) is 6.70. The minimum Gasteiger partial charge on any atom is -0.390 e. The van der Waals surface area contributed by atoms with E-state index in [9.17, 15) is 9.50 Å². The van der Waals surface area contributed by atoms with Crippen LogP contribution in [0.5, 0.6) is 0 Å². The van der Waals surface area contributed by atoms with Crippen LogP contribution < -0.4 is 10.2 Å². The molecule has 1 fully saturated rings. The van der Waals surface area contributed by atoms with Crippen molar-refractivity contribution in [2.45, 2.75) is 31.9 Å². The van der Waals surface area contributed by atoms with Gasteiger partial charge >= 0.3 is 0 Å². The molecular formula is C26H25FN6O. The molecule has 0 spiro atoms. The van der Waals surface area contributed by atoms with Crippen LogP contribution in [-0.4, -0.2) is 44.4 Å². The maximum absolute atomic E-state index is 14.6. The maximum Gasteiger partial charge on any atom is 0.180 e. The second-order valence-corrected chi connectivity index (χ2v) is 9.29. The molecule has 2 aromatic carbocycles. The molecule has 0 saturated carbocycles. The highest BCUT2D eigenvalue weighted by molar-refractivity contribution is 5.86. The Morgan fingerprint density at radius 3 is 2.71 bits per heavy atom. The summed E-state index contributed by atoms with van der Waals surface area (Å²) < 4.78 is 16.5. The first-order chi connectivity index (χ1) is 16.4. The summed E-state index contributed by atoms with van der Waals surface area (Å²) in [4.78, 5) is 15.7. The lowest BCUT2D eigenvalue weighted by molar-refractivity contribution is 0.0351. The quantitative estimate of drug-likeness (QED) is 0.471. The Labute approximate surface area is 196 Å². The van der Waals surface area contributed by atoms with Crippen LogP contribution in [0.15, 0.2) is 60.0 Å². The number of aliphatic imine (C=N–C) groups is 1. The van der Waals surface area contributed by atoms with E-state index >= 15 is 0 Å². The zero-order valence-electron chi connectivity index (χ0n) is 18.9. The van der Waals surface area contributed by atoms with Crippen LogP contribution in [0.1, 0.15) is 30.9 Å². The van der Waals surface area contributed by atoms with E-state index in [2.05, 4.69) is 32.3 Å². The molecule has 6 rings (SSSR count). The predicted octanol–water partition coefficient (Wildman–Crippen LogP) is 4.56. The highest BCUT2D eigenvalue weighted by Crippen LogP contribution is 2.30. The van der Waals surface area contributed by atoms with Gasteiger partial charge in [-0.15, -0.1) is 0 Å². The fourth-order valence-corrected chi connectivity index (χ4v) is 4.63. The number of nitrogens with one attached hydrogen (secondary N) is 1. The Balaban J connectivity index is 1.29. The van der Waals surface area contributed by atoms with Gasteiger partial charge in [-0.3, -0.25) is 4.99 Å². The van der Waals surface area contributed by atoms with Crippen LogP contribution in [-0.2, 0) is 6.54 Å². The lowest BCUT2D eigenvalue weighted by Gasteiger charge is -2.37. The first kappa shape index (κ1) is 20.8. The van der Waals surface area contributed by atoms with Gasteiger partial charge in [0, 0.05) is 60.4 Å². The Bertz CT molecular complexity index is 1400. The van der Waals surface area contributed by atoms with E-state index in [1.165, 1.54) is 6.07 Å². The standard InChI is InChI=1S/C26H25FN6O/c1-26(34)6-9-32(10-7-26)20-4-2-19(3-5-20)30-24-25-29-8-11-33(25)16-23(31-24)17-12-18-14-28-15-21(18)22(27)13-17/h2-5,8,11-13,15-16,34H,6-7,9-10,14H2,1H3,(H,30,31). The average molecular weight is 457 g/mol. The van der Waals surface area contributed by atoms with Crippen molar-refractivity contribution in [2.75, 3.05) is 23.3 Å². The van der Waals surface area contributed by atoms with Crippen LogP contribution >= 0.6 is 0 Å². The monoisotopic (exact) mass is 456 g/mol. The van der Waals surface area contributed by atoms with Gasteiger partial charge in [-0.05, 0) is 61.7 Å². The number of anilines is 3. The SMILES string of the molecule is CC1(O)CCN(c2ccc(Nc3nc(-c4cc(F)c5c(c4)CN=C5)cn4ccnc34)cc2)CC1. The van der Waals surface area contributed by atoms with Crippen molar-refractivity contribution in [2.24, 2.45) is 4.99 Å². The summed E-state index contributed by atoms with van der Waals surface area (Å²) in [5, 5.41) is 13.6. The van der Waals surface area contributed by atoms with Crippen LogP contribution in [0.3, 0.4) is 0 Å².